The summed E-state index contributed by atoms with van der Waals surface area (Å²) >= 11 is 1.57. The first-order valence-corrected chi connectivity index (χ1v) is 11.3. The molecule has 0 saturated carbocycles. The first-order valence-electron chi connectivity index (χ1n) is 10.4. The fourth-order valence-corrected chi connectivity index (χ4v) is 5.66. The van der Waals surface area contributed by atoms with E-state index < -0.39 is 11.7 Å². The molecule has 1 aliphatic rings. The standard InChI is InChI=1S/C25H21F3N2OS/c1-29-15-20(19-7-2-3-8-21(19)29)24(31)30-11-9-17-10-12-32-23(17)22(30)14-16-5-4-6-18(13-16)25(26,27)28/h2-8,10,12-13,15,22H,9,11,14H2,1H3. The van der Waals surface area contributed by atoms with E-state index >= 15 is 0 Å². The van der Waals surface area contributed by atoms with Gasteiger partial charge in [-0.05, 0) is 47.5 Å². The number of hydrogen-bond acceptors (Lipinski definition) is 2. The molecule has 4 aromatic rings. The highest BCUT2D eigenvalue weighted by atomic mass is 32.1. The summed E-state index contributed by atoms with van der Waals surface area (Å²) in [5.41, 5.74) is 2.68. The molecule has 0 saturated heterocycles. The van der Waals surface area contributed by atoms with Crippen LogP contribution in [0, 0.1) is 0 Å². The quantitative estimate of drug-likeness (QED) is 0.360. The Morgan fingerprint density at radius 3 is 2.75 bits per heavy atom. The van der Waals surface area contributed by atoms with Gasteiger partial charge in [0.1, 0.15) is 0 Å². The summed E-state index contributed by atoms with van der Waals surface area (Å²) in [6.07, 6.45) is -1.46. The second-order valence-corrected chi connectivity index (χ2v) is 9.10. The van der Waals surface area contributed by atoms with Crippen LogP contribution < -0.4 is 0 Å². The van der Waals surface area contributed by atoms with Crippen LogP contribution in [0.3, 0.4) is 0 Å². The molecule has 0 bridgehead atoms. The van der Waals surface area contributed by atoms with Crippen molar-refractivity contribution >= 4 is 28.1 Å². The van der Waals surface area contributed by atoms with E-state index in [2.05, 4.69) is 6.07 Å². The number of para-hydroxylation sites is 1. The van der Waals surface area contributed by atoms with Crippen molar-refractivity contribution in [2.45, 2.75) is 25.1 Å². The Balaban J connectivity index is 1.54. The first kappa shape index (κ1) is 20.8. The normalized spacial score (nSPS) is 16.4. The monoisotopic (exact) mass is 454 g/mol. The van der Waals surface area contributed by atoms with Crippen molar-refractivity contribution in [3.8, 4) is 0 Å². The largest absolute Gasteiger partial charge is 0.416 e. The molecule has 164 valence electrons. The van der Waals surface area contributed by atoms with Gasteiger partial charge in [-0.3, -0.25) is 4.79 Å². The van der Waals surface area contributed by atoms with Gasteiger partial charge in [-0.2, -0.15) is 13.2 Å². The summed E-state index contributed by atoms with van der Waals surface area (Å²) in [7, 11) is 1.91. The maximum atomic E-state index is 13.7. The molecule has 0 radical (unpaired) electrons. The molecule has 1 amide bonds. The molecule has 3 heterocycles. The van der Waals surface area contributed by atoms with Crippen molar-refractivity contribution in [2.75, 3.05) is 6.54 Å². The second-order valence-electron chi connectivity index (χ2n) is 8.15. The zero-order valence-corrected chi connectivity index (χ0v) is 18.2. The molecule has 3 nitrogen and oxygen atoms in total. The predicted molar refractivity (Wildman–Crippen MR) is 120 cm³/mol. The molecule has 5 rings (SSSR count). The number of benzene rings is 2. The van der Waals surface area contributed by atoms with Crippen LogP contribution in [-0.4, -0.2) is 21.9 Å². The molecule has 2 aromatic heterocycles. The lowest BCUT2D eigenvalue weighted by Gasteiger charge is -2.36. The fourth-order valence-electron chi connectivity index (χ4n) is 4.60. The molecule has 0 aliphatic carbocycles. The Labute approximate surface area is 187 Å². The average Bonchev–Trinajstić information content (AvgIpc) is 3.38. The third-order valence-corrected chi connectivity index (χ3v) is 7.21. The predicted octanol–water partition coefficient (Wildman–Crippen LogP) is 6.24. The fraction of sp³-hybridized carbons (Fsp3) is 0.240. The van der Waals surface area contributed by atoms with Crippen LogP contribution in [0.5, 0.6) is 0 Å². The molecular weight excluding hydrogens is 433 g/mol. The zero-order chi connectivity index (χ0) is 22.5. The second kappa shape index (κ2) is 7.81. The molecule has 0 fully saturated rings. The summed E-state index contributed by atoms with van der Waals surface area (Å²) in [5, 5.41) is 2.88. The Bertz CT molecular complexity index is 1300. The summed E-state index contributed by atoms with van der Waals surface area (Å²) in [5.74, 6) is -0.0853. The summed E-state index contributed by atoms with van der Waals surface area (Å²) in [4.78, 5) is 16.6. The molecule has 1 atom stereocenters. The third kappa shape index (κ3) is 3.60. The highest BCUT2D eigenvalue weighted by molar-refractivity contribution is 7.10. The number of carbonyl (C=O) groups is 1. The van der Waals surface area contributed by atoms with E-state index in [1.165, 1.54) is 17.7 Å². The SMILES string of the molecule is Cn1cc(C(=O)N2CCc3ccsc3C2Cc2cccc(C(F)(F)F)c2)c2ccccc21. The molecule has 2 aromatic carbocycles. The van der Waals surface area contributed by atoms with E-state index in [4.69, 9.17) is 0 Å². The Kier molecular flexibility index (Phi) is 5.08. The minimum Gasteiger partial charge on any atom is -0.350 e. The Morgan fingerprint density at radius 2 is 1.94 bits per heavy atom. The minimum atomic E-state index is -4.39. The van der Waals surface area contributed by atoms with Crippen molar-refractivity contribution < 1.29 is 18.0 Å². The van der Waals surface area contributed by atoms with Gasteiger partial charge in [-0.15, -0.1) is 11.3 Å². The number of halogens is 3. The Morgan fingerprint density at radius 1 is 1.12 bits per heavy atom. The van der Waals surface area contributed by atoms with E-state index in [9.17, 15) is 18.0 Å². The lowest BCUT2D eigenvalue weighted by Crippen LogP contribution is -2.40. The van der Waals surface area contributed by atoms with Gasteiger partial charge in [0.15, 0.2) is 0 Å². The minimum absolute atomic E-state index is 0.0853. The van der Waals surface area contributed by atoms with Crippen molar-refractivity contribution in [3.63, 3.8) is 0 Å². The molecule has 0 spiro atoms. The van der Waals surface area contributed by atoms with Gasteiger partial charge in [0, 0.05) is 35.6 Å². The van der Waals surface area contributed by atoms with Gasteiger partial charge in [0.25, 0.3) is 5.91 Å². The van der Waals surface area contributed by atoms with Crippen LogP contribution in [0.25, 0.3) is 10.9 Å². The van der Waals surface area contributed by atoms with Crippen LogP contribution in [0.1, 0.15) is 38.0 Å². The van der Waals surface area contributed by atoms with Gasteiger partial charge < -0.3 is 9.47 Å². The highest BCUT2D eigenvalue weighted by Gasteiger charge is 2.35. The topological polar surface area (TPSA) is 25.2 Å². The number of amides is 1. The number of thiophene rings is 1. The summed E-state index contributed by atoms with van der Waals surface area (Å²) in [6, 6.07) is 14.9. The zero-order valence-electron chi connectivity index (χ0n) is 17.4. The van der Waals surface area contributed by atoms with Gasteiger partial charge in [-0.25, -0.2) is 0 Å². The number of hydrogen-bond donors (Lipinski definition) is 0. The van der Waals surface area contributed by atoms with E-state index in [0.29, 0.717) is 24.1 Å². The lowest BCUT2D eigenvalue weighted by atomic mass is 9.94. The Hall–Kier alpha value is -3.06. The lowest BCUT2D eigenvalue weighted by molar-refractivity contribution is -0.137. The molecule has 1 unspecified atom stereocenters. The number of nitrogens with zero attached hydrogens (tertiary/aromatic N) is 2. The highest BCUT2D eigenvalue weighted by Crippen LogP contribution is 2.38. The molecular formula is C25H21F3N2OS. The smallest absolute Gasteiger partial charge is 0.350 e. The molecule has 1 aliphatic heterocycles. The van der Waals surface area contributed by atoms with Crippen LogP contribution >= 0.6 is 11.3 Å². The maximum absolute atomic E-state index is 13.7. The van der Waals surface area contributed by atoms with E-state index in [0.717, 1.165) is 28.3 Å². The van der Waals surface area contributed by atoms with Gasteiger partial charge in [-0.1, -0.05) is 36.4 Å². The van der Waals surface area contributed by atoms with Crippen molar-refractivity contribution in [3.05, 3.63) is 93.3 Å². The van der Waals surface area contributed by atoms with Crippen molar-refractivity contribution in [1.82, 2.24) is 9.47 Å². The number of alkyl halides is 3. The van der Waals surface area contributed by atoms with E-state index in [-0.39, 0.29) is 11.9 Å². The van der Waals surface area contributed by atoms with Gasteiger partial charge in [0.2, 0.25) is 0 Å². The van der Waals surface area contributed by atoms with Crippen LogP contribution in [0.4, 0.5) is 13.2 Å². The summed E-state index contributed by atoms with van der Waals surface area (Å²) < 4.78 is 41.7. The van der Waals surface area contributed by atoms with Gasteiger partial charge >= 0.3 is 6.18 Å². The number of carbonyl (C=O) groups excluding carboxylic acids is 1. The van der Waals surface area contributed by atoms with E-state index in [1.807, 2.05) is 52.4 Å². The van der Waals surface area contributed by atoms with Gasteiger partial charge in [0.05, 0.1) is 17.2 Å². The average molecular weight is 455 g/mol. The number of aromatic nitrogens is 1. The summed E-state index contributed by atoms with van der Waals surface area (Å²) in [6.45, 7) is 0.537. The molecule has 7 heteroatoms. The molecule has 32 heavy (non-hydrogen) atoms. The van der Waals surface area contributed by atoms with E-state index in [1.54, 1.807) is 17.4 Å². The third-order valence-electron chi connectivity index (χ3n) is 6.15. The number of rotatable bonds is 3. The van der Waals surface area contributed by atoms with Crippen molar-refractivity contribution in [2.24, 2.45) is 7.05 Å². The first-order chi connectivity index (χ1) is 15.3. The van der Waals surface area contributed by atoms with Crippen LogP contribution in [0.15, 0.2) is 66.2 Å². The maximum Gasteiger partial charge on any atom is 0.416 e. The van der Waals surface area contributed by atoms with Crippen LogP contribution in [0.2, 0.25) is 0 Å². The van der Waals surface area contributed by atoms with Crippen LogP contribution in [-0.2, 0) is 26.1 Å². The number of fused-ring (bicyclic) bond motifs is 2. The van der Waals surface area contributed by atoms with Crippen molar-refractivity contribution in [1.29, 1.82) is 0 Å². The number of aryl methyl sites for hydroxylation is 1. The molecule has 0 N–H and O–H groups in total.